The van der Waals surface area contributed by atoms with Gasteiger partial charge in [0.05, 0.1) is 4.92 Å². The molecule has 0 saturated heterocycles. The third-order valence-electron chi connectivity index (χ3n) is 3.27. The maximum Gasteiger partial charge on any atom is 0.349 e. The van der Waals surface area contributed by atoms with Crippen LogP contribution in [0.25, 0.3) is 0 Å². The minimum Gasteiger partial charge on any atom is -0.450 e. The highest BCUT2D eigenvalue weighted by Crippen LogP contribution is 2.25. The largest absolute Gasteiger partial charge is 0.450 e. The highest BCUT2D eigenvalue weighted by Gasteiger charge is 2.23. The van der Waals surface area contributed by atoms with Crippen LogP contribution < -0.4 is 0 Å². The summed E-state index contributed by atoms with van der Waals surface area (Å²) in [6.45, 7) is 3.50. The number of ether oxygens (including phenoxy) is 1. The van der Waals surface area contributed by atoms with Crippen molar-refractivity contribution in [3.8, 4) is 0 Å². The van der Waals surface area contributed by atoms with Crippen molar-refractivity contribution in [3.05, 3.63) is 62.5 Å². The third kappa shape index (κ3) is 4.01. The highest BCUT2D eigenvalue weighted by molar-refractivity contribution is 7.17. The quantitative estimate of drug-likeness (QED) is 0.348. The second kappa shape index (κ2) is 7.15. The Labute approximate surface area is 136 Å². The molecule has 0 bridgehead atoms. The number of hydrogen-bond donors (Lipinski definition) is 0. The summed E-state index contributed by atoms with van der Waals surface area (Å²) in [7, 11) is 0. The molecule has 23 heavy (non-hydrogen) atoms. The van der Waals surface area contributed by atoms with Crippen molar-refractivity contribution in [2.24, 2.45) is 0 Å². The molecule has 0 spiro atoms. The minimum atomic E-state index is -0.962. The zero-order valence-electron chi connectivity index (χ0n) is 12.6. The maximum atomic E-state index is 12.2. The Balaban J connectivity index is 2.04. The van der Waals surface area contributed by atoms with E-state index in [4.69, 9.17) is 4.74 Å². The van der Waals surface area contributed by atoms with Gasteiger partial charge in [0, 0.05) is 11.6 Å². The van der Waals surface area contributed by atoms with Gasteiger partial charge in [0.2, 0.25) is 5.78 Å². The number of ketones is 1. The summed E-state index contributed by atoms with van der Waals surface area (Å²) < 4.78 is 5.10. The highest BCUT2D eigenvalue weighted by atomic mass is 32.1. The Hall–Kier alpha value is -2.54. The number of Topliss-reactive ketones (excluding diaryl/α,β-unsaturated/α-hetero) is 1. The van der Waals surface area contributed by atoms with Gasteiger partial charge in [-0.1, -0.05) is 42.5 Å². The average Bonchev–Trinajstić information content (AvgIpc) is 3.04. The molecule has 2 aromatic rings. The Kier molecular flexibility index (Phi) is 5.23. The van der Waals surface area contributed by atoms with E-state index >= 15 is 0 Å². The number of hydrogen-bond acceptors (Lipinski definition) is 6. The number of rotatable bonds is 6. The van der Waals surface area contributed by atoms with Crippen LogP contribution in [0.5, 0.6) is 0 Å². The SMILES string of the molecule is CCc1ccc(C(=O)[C@@H](C)OC(=O)c2ccc([N+](=O)[O-])s2)cc1. The number of esters is 1. The van der Waals surface area contributed by atoms with E-state index in [1.165, 1.54) is 19.1 Å². The molecule has 1 aromatic carbocycles. The Morgan fingerprint density at radius 2 is 1.87 bits per heavy atom. The zero-order valence-corrected chi connectivity index (χ0v) is 13.5. The molecule has 0 radical (unpaired) electrons. The van der Waals surface area contributed by atoms with E-state index in [-0.39, 0.29) is 15.7 Å². The van der Waals surface area contributed by atoms with Gasteiger partial charge in [0.15, 0.2) is 6.10 Å². The van der Waals surface area contributed by atoms with Gasteiger partial charge in [-0.05, 0) is 25.0 Å². The molecule has 0 unspecified atom stereocenters. The Morgan fingerprint density at radius 3 is 2.39 bits per heavy atom. The number of carbonyl (C=O) groups is 2. The van der Waals surface area contributed by atoms with Crippen molar-refractivity contribution in [1.82, 2.24) is 0 Å². The van der Waals surface area contributed by atoms with Gasteiger partial charge in [-0.25, -0.2) is 4.79 Å². The van der Waals surface area contributed by atoms with Crippen LogP contribution in [0, 0.1) is 10.1 Å². The number of nitrogens with zero attached hydrogens (tertiary/aromatic N) is 1. The van der Waals surface area contributed by atoms with Crippen molar-refractivity contribution >= 4 is 28.1 Å². The molecule has 7 heteroatoms. The molecule has 0 amide bonds. The lowest BCUT2D eigenvalue weighted by Crippen LogP contribution is -2.24. The second-order valence-electron chi connectivity index (χ2n) is 4.86. The molecular weight excluding hydrogens is 318 g/mol. The van der Waals surface area contributed by atoms with Crippen LogP contribution in [0.1, 0.15) is 39.4 Å². The van der Waals surface area contributed by atoms with E-state index in [2.05, 4.69) is 0 Å². The van der Waals surface area contributed by atoms with E-state index < -0.39 is 17.0 Å². The lowest BCUT2D eigenvalue weighted by atomic mass is 10.0. The monoisotopic (exact) mass is 333 g/mol. The van der Waals surface area contributed by atoms with Crippen LogP contribution in [0.4, 0.5) is 5.00 Å². The number of benzene rings is 1. The first kappa shape index (κ1) is 16.8. The molecule has 0 fully saturated rings. The fourth-order valence-corrected chi connectivity index (χ4v) is 2.65. The average molecular weight is 333 g/mol. The van der Waals surface area contributed by atoms with Crippen molar-refractivity contribution in [3.63, 3.8) is 0 Å². The molecule has 0 aliphatic carbocycles. The molecule has 0 N–H and O–H groups in total. The number of nitro groups is 1. The summed E-state index contributed by atoms with van der Waals surface area (Å²) in [5, 5.41) is 10.5. The fraction of sp³-hybridized carbons (Fsp3) is 0.250. The van der Waals surface area contributed by atoms with E-state index in [1.54, 1.807) is 12.1 Å². The zero-order chi connectivity index (χ0) is 17.0. The van der Waals surface area contributed by atoms with E-state index in [0.717, 1.165) is 23.3 Å². The summed E-state index contributed by atoms with van der Waals surface area (Å²) in [6, 6.07) is 9.65. The molecular formula is C16H15NO5S. The van der Waals surface area contributed by atoms with Crippen LogP contribution in [-0.4, -0.2) is 22.8 Å². The van der Waals surface area contributed by atoms with Gasteiger partial charge in [0.25, 0.3) is 0 Å². The van der Waals surface area contributed by atoms with Crippen LogP contribution in [0.3, 0.4) is 0 Å². The molecule has 0 saturated carbocycles. The van der Waals surface area contributed by atoms with Gasteiger partial charge in [-0.15, -0.1) is 0 Å². The second-order valence-corrected chi connectivity index (χ2v) is 5.92. The first-order valence-electron chi connectivity index (χ1n) is 7.00. The van der Waals surface area contributed by atoms with Crippen molar-refractivity contribution in [1.29, 1.82) is 0 Å². The molecule has 2 rings (SSSR count). The Bertz CT molecular complexity index is 735. The van der Waals surface area contributed by atoms with Gasteiger partial charge in [0.1, 0.15) is 4.88 Å². The fourth-order valence-electron chi connectivity index (χ4n) is 1.95. The first-order chi connectivity index (χ1) is 10.9. The molecule has 6 nitrogen and oxygen atoms in total. The third-order valence-corrected chi connectivity index (χ3v) is 4.29. The summed E-state index contributed by atoms with van der Waals surface area (Å²) in [6.07, 6.45) is -0.0907. The molecule has 1 aromatic heterocycles. The number of thiophene rings is 1. The van der Waals surface area contributed by atoms with Crippen LogP contribution in [-0.2, 0) is 11.2 Å². The van der Waals surface area contributed by atoms with Gasteiger partial charge in [-0.3, -0.25) is 14.9 Å². The predicted octanol–water partition coefficient (Wildman–Crippen LogP) is 3.65. The first-order valence-corrected chi connectivity index (χ1v) is 7.82. The predicted molar refractivity (Wildman–Crippen MR) is 86.0 cm³/mol. The number of carbonyl (C=O) groups excluding carboxylic acids is 2. The van der Waals surface area contributed by atoms with E-state index in [1.807, 2.05) is 19.1 Å². The summed E-state index contributed by atoms with van der Waals surface area (Å²) in [4.78, 5) is 34.3. The molecule has 120 valence electrons. The molecule has 0 aliphatic rings. The van der Waals surface area contributed by atoms with Gasteiger partial charge < -0.3 is 4.74 Å². The number of aryl methyl sites for hydroxylation is 1. The summed E-state index contributed by atoms with van der Waals surface area (Å²) in [5.41, 5.74) is 1.57. The van der Waals surface area contributed by atoms with Crippen LogP contribution in [0.2, 0.25) is 0 Å². The molecule has 1 heterocycles. The standard InChI is InChI=1S/C16H15NO5S/c1-3-11-4-6-12(7-5-11)15(18)10(2)22-16(19)13-8-9-14(23-13)17(20)21/h4-10H,3H2,1-2H3/t10-/m1/s1. The summed E-state index contributed by atoms with van der Waals surface area (Å²) >= 11 is 0.719. The van der Waals surface area contributed by atoms with Crippen LogP contribution >= 0.6 is 11.3 Å². The van der Waals surface area contributed by atoms with Gasteiger partial charge >= 0.3 is 11.0 Å². The van der Waals surface area contributed by atoms with Gasteiger partial charge in [-0.2, -0.15) is 0 Å². The normalized spacial score (nSPS) is 11.7. The smallest absolute Gasteiger partial charge is 0.349 e. The van der Waals surface area contributed by atoms with E-state index in [9.17, 15) is 19.7 Å². The minimum absolute atomic E-state index is 0.0951. The Morgan fingerprint density at radius 1 is 1.22 bits per heavy atom. The van der Waals surface area contributed by atoms with E-state index in [0.29, 0.717) is 5.56 Å². The maximum absolute atomic E-state index is 12.2. The lowest BCUT2D eigenvalue weighted by molar-refractivity contribution is -0.380. The summed E-state index contributed by atoms with van der Waals surface area (Å²) in [5.74, 6) is -1.05. The topological polar surface area (TPSA) is 86.5 Å². The molecule has 1 atom stereocenters. The molecule has 0 aliphatic heterocycles. The van der Waals surface area contributed by atoms with Crippen molar-refractivity contribution < 1.29 is 19.2 Å². The lowest BCUT2D eigenvalue weighted by Gasteiger charge is -2.11. The van der Waals surface area contributed by atoms with Crippen LogP contribution in [0.15, 0.2) is 36.4 Å². The van der Waals surface area contributed by atoms with Crippen molar-refractivity contribution in [2.45, 2.75) is 26.4 Å². The van der Waals surface area contributed by atoms with Crippen molar-refractivity contribution in [2.75, 3.05) is 0 Å².